The van der Waals surface area contributed by atoms with Crippen molar-refractivity contribution in [2.45, 2.75) is 18.9 Å². The van der Waals surface area contributed by atoms with Gasteiger partial charge in [0.1, 0.15) is 11.4 Å². The van der Waals surface area contributed by atoms with Gasteiger partial charge in [0.2, 0.25) is 5.43 Å². The molecule has 0 spiro atoms. The first-order chi connectivity index (χ1) is 11.1. The maximum Gasteiger partial charge on any atom is 0.341 e. The van der Waals surface area contributed by atoms with E-state index in [4.69, 9.17) is 0 Å². The fourth-order valence-electron chi connectivity index (χ4n) is 2.86. The number of carbonyl (C=O) groups is 1. The summed E-state index contributed by atoms with van der Waals surface area (Å²) in [4.78, 5) is 23.6. The van der Waals surface area contributed by atoms with Crippen LogP contribution < -0.4 is 5.43 Å². The van der Waals surface area contributed by atoms with Crippen molar-refractivity contribution in [1.82, 2.24) is 9.13 Å². The number of halogens is 1. The third kappa shape index (κ3) is 2.14. The molecule has 0 amide bonds. The van der Waals surface area contributed by atoms with E-state index in [1.807, 2.05) is 0 Å². The summed E-state index contributed by atoms with van der Waals surface area (Å²) < 4.78 is 17.8. The normalized spacial score (nSPS) is 14.3. The van der Waals surface area contributed by atoms with Gasteiger partial charge in [-0.05, 0) is 37.1 Å². The highest BCUT2D eigenvalue weighted by Crippen LogP contribution is 2.37. The Morgan fingerprint density at radius 3 is 2.52 bits per heavy atom. The molecular formula is C17H13FN2O3. The van der Waals surface area contributed by atoms with Crippen molar-refractivity contribution in [3.8, 4) is 5.69 Å². The highest BCUT2D eigenvalue weighted by Gasteiger charge is 2.27. The van der Waals surface area contributed by atoms with E-state index in [1.165, 1.54) is 6.20 Å². The summed E-state index contributed by atoms with van der Waals surface area (Å²) in [5.74, 6) is -1.85. The summed E-state index contributed by atoms with van der Waals surface area (Å²) in [5.41, 5.74) is -0.0770. The Balaban J connectivity index is 2.08. The molecule has 1 fully saturated rings. The second-order valence-electron chi connectivity index (χ2n) is 5.73. The molecule has 2 aromatic heterocycles. The lowest BCUT2D eigenvalue weighted by atomic mass is 10.1. The van der Waals surface area contributed by atoms with E-state index in [2.05, 4.69) is 0 Å². The maximum absolute atomic E-state index is 14.4. The van der Waals surface area contributed by atoms with Gasteiger partial charge in [-0.3, -0.25) is 4.79 Å². The van der Waals surface area contributed by atoms with Gasteiger partial charge >= 0.3 is 5.97 Å². The molecule has 0 saturated heterocycles. The largest absolute Gasteiger partial charge is 0.477 e. The molecule has 0 unspecified atom stereocenters. The second kappa shape index (κ2) is 4.81. The van der Waals surface area contributed by atoms with Crippen molar-refractivity contribution in [1.29, 1.82) is 0 Å². The SMILES string of the molecule is O=C(O)c1cn(C2CC2)c2cc(-n3cccc3)c(F)cc2c1=O. The van der Waals surface area contributed by atoms with E-state index >= 15 is 0 Å². The van der Waals surface area contributed by atoms with Crippen LogP contribution in [0.5, 0.6) is 0 Å². The Labute approximate surface area is 130 Å². The van der Waals surface area contributed by atoms with Gasteiger partial charge in [-0.2, -0.15) is 0 Å². The van der Waals surface area contributed by atoms with Crippen molar-refractivity contribution < 1.29 is 14.3 Å². The van der Waals surface area contributed by atoms with Crippen LogP contribution in [0.1, 0.15) is 29.2 Å². The number of nitrogens with zero attached hydrogens (tertiary/aromatic N) is 2. The Morgan fingerprint density at radius 2 is 1.91 bits per heavy atom. The van der Waals surface area contributed by atoms with Crippen LogP contribution in [0, 0.1) is 5.82 Å². The lowest BCUT2D eigenvalue weighted by Crippen LogP contribution is -2.19. The van der Waals surface area contributed by atoms with Gasteiger partial charge in [-0.15, -0.1) is 0 Å². The van der Waals surface area contributed by atoms with E-state index in [1.54, 1.807) is 39.7 Å². The third-order valence-corrected chi connectivity index (χ3v) is 4.15. The molecule has 1 N–H and O–H groups in total. The van der Waals surface area contributed by atoms with Crippen LogP contribution in [0.3, 0.4) is 0 Å². The molecule has 3 aromatic rings. The summed E-state index contributed by atoms with van der Waals surface area (Å²) in [6.07, 6.45) is 6.66. The Hall–Kier alpha value is -2.89. The molecule has 0 bridgehead atoms. The lowest BCUT2D eigenvalue weighted by molar-refractivity contribution is 0.0695. The topological polar surface area (TPSA) is 64.2 Å². The standard InChI is InChI=1S/C17H13FN2O3/c18-13-7-11-14(8-15(13)19-5-1-2-6-19)20(10-3-4-10)9-12(16(11)21)17(22)23/h1-2,5-10H,3-4H2,(H,22,23). The number of carboxylic acid groups (broad SMARTS) is 1. The van der Waals surface area contributed by atoms with Crippen molar-refractivity contribution in [3.05, 3.63) is 64.5 Å². The van der Waals surface area contributed by atoms with Crippen LogP contribution in [0.15, 0.2) is 47.7 Å². The van der Waals surface area contributed by atoms with E-state index in [-0.39, 0.29) is 17.0 Å². The zero-order valence-electron chi connectivity index (χ0n) is 12.1. The first kappa shape index (κ1) is 13.8. The third-order valence-electron chi connectivity index (χ3n) is 4.15. The van der Waals surface area contributed by atoms with Crippen LogP contribution >= 0.6 is 0 Å². The molecule has 0 atom stereocenters. The van der Waals surface area contributed by atoms with E-state index in [9.17, 15) is 19.1 Å². The van der Waals surface area contributed by atoms with Crippen LogP contribution in [0.25, 0.3) is 16.6 Å². The zero-order valence-corrected chi connectivity index (χ0v) is 12.1. The van der Waals surface area contributed by atoms with Gasteiger partial charge in [0, 0.05) is 30.0 Å². The minimum Gasteiger partial charge on any atom is -0.477 e. The van der Waals surface area contributed by atoms with Crippen LogP contribution in [-0.2, 0) is 0 Å². The number of pyridine rings is 1. The lowest BCUT2D eigenvalue weighted by Gasteiger charge is -2.14. The first-order valence-corrected chi connectivity index (χ1v) is 7.31. The summed E-state index contributed by atoms with van der Waals surface area (Å²) in [6.45, 7) is 0. The summed E-state index contributed by atoms with van der Waals surface area (Å²) in [7, 11) is 0. The van der Waals surface area contributed by atoms with Crippen molar-refractivity contribution in [2.75, 3.05) is 0 Å². The fourth-order valence-corrected chi connectivity index (χ4v) is 2.86. The molecule has 116 valence electrons. The molecule has 1 aliphatic rings. The number of carboxylic acids is 1. The quantitative estimate of drug-likeness (QED) is 0.808. The molecular weight excluding hydrogens is 299 g/mol. The minimum absolute atomic E-state index is 0.102. The summed E-state index contributed by atoms with van der Waals surface area (Å²) in [6, 6.07) is 6.48. The number of aromatic nitrogens is 2. The minimum atomic E-state index is -1.29. The van der Waals surface area contributed by atoms with Gasteiger partial charge in [0.15, 0.2) is 0 Å². The molecule has 4 rings (SSSR count). The van der Waals surface area contributed by atoms with Gasteiger partial charge in [-0.25, -0.2) is 9.18 Å². The smallest absolute Gasteiger partial charge is 0.341 e. The molecule has 1 saturated carbocycles. The number of benzene rings is 1. The van der Waals surface area contributed by atoms with Crippen molar-refractivity contribution in [2.24, 2.45) is 0 Å². The highest BCUT2D eigenvalue weighted by atomic mass is 19.1. The fraction of sp³-hybridized carbons (Fsp3) is 0.176. The Kier molecular flexibility index (Phi) is 2.87. The Morgan fingerprint density at radius 1 is 1.22 bits per heavy atom. The monoisotopic (exact) mass is 312 g/mol. The van der Waals surface area contributed by atoms with Gasteiger partial charge in [0.25, 0.3) is 0 Å². The van der Waals surface area contributed by atoms with Crippen LogP contribution in [-0.4, -0.2) is 20.2 Å². The molecule has 0 radical (unpaired) electrons. The maximum atomic E-state index is 14.4. The van der Waals surface area contributed by atoms with Gasteiger partial charge in [-0.1, -0.05) is 0 Å². The number of hydrogen-bond donors (Lipinski definition) is 1. The molecule has 23 heavy (non-hydrogen) atoms. The van der Waals surface area contributed by atoms with Gasteiger partial charge < -0.3 is 14.2 Å². The summed E-state index contributed by atoms with van der Waals surface area (Å²) >= 11 is 0. The van der Waals surface area contributed by atoms with Crippen LogP contribution in [0.2, 0.25) is 0 Å². The average molecular weight is 312 g/mol. The predicted octanol–water partition coefficient (Wildman–Crippen LogP) is 2.96. The van der Waals surface area contributed by atoms with E-state index in [0.717, 1.165) is 18.9 Å². The van der Waals surface area contributed by atoms with Crippen molar-refractivity contribution in [3.63, 3.8) is 0 Å². The molecule has 1 aromatic carbocycles. The average Bonchev–Trinajstić information content (AvgIpc) is 3.21. The number of fused-ring (bicyclic) bond motifs is 1. The molecule has 5 nitrogen and oxygen atoms in total. The van der Waals surface area contributed by atoms with E-state index < -0.39 is 17.2 Å². The number of hydrogen-bond acceptors (Lipinski definition) is 2. The second-order valence-corrected chi connectivity index (χ2v) is 5.73. The summed E-state index contributed by atoms with van der Waals surface area (Å²) in [5, 5.41) is 9.32. The molecule has 6 heteroatoms. The Bertz CT molecular complexity index is 985. The predicted molar refractivity (Wildman–Crippen MR) is 82.7 cm³/mol. The van der Waals surface area contributed by atoms with Gasteiger partial charge in [0.05, 0.1) is 11.2 Å². The molecule has 0 aliphatic heterocycles. The van der Waals surface area contributed by atoms with Crippen LogP contribution in [0.4, 0.5) is 4.39 Å². The zero-order chi connectivity index (χ0) is 16.1. The first-order valence-electron chi connectivity index (χ1n) is 7.31. The molecule has 2 heterocycles. The van der Waals surface area contributed by atoms with E-state index in [0.29, 0.717) is 11.2 Å². The number of aromatic carboxylic acids is 1. The van der Waals surface area contributed by atoms with Crippen molar-refractivity contribution >= 4 is 16.9 Å². The highest BCUT2D eigenvalue weighted by molar-refractivity contribution is 5.93. The molecule has 1 aliphatic carbocycles. The number of rotatable bonds is 3.